The Bertz CT molecular complexity index is 536. The second-order valence-electron chi connectivity index (χ2n) is 3.20. The number of benzene rings is 1. The maximum Gasteiger partial charge on any atom is 0.143 e. The molecule has 1 aromatic carbocycles. The molecule has 6 heteroatoms. The van der Waals surface area contributed by atoms with Crippen molar-refractivity contribution in [1.29, 1.82) is 0 Å². The van der Waals surface area contributed by atoms with Gasteiger partial charge in [0.05, 0.1) is 4.47 Å². The Hall–Kier alpha value is -1.66. The number of nitrogen functional groups attached to an aromatic ring is 1. The van der Waals surface area contributed by atoms with Gasteiger partial charge in [0.1, 0.15) is 23.1 Å². The van der Waals surface area contributed by atoms with Crippen molar-refractivity contribution in [3.05, 3.63) is 46.8 Å². The average molecular weight is 298 g/mol. The van der Waals surface area contributed by atoms with Crippen molar-refractivity contribution in [3.8, 4) is 11.5 Å². The molecule has 0 aliphatic carbocycles. The van der Waals surface area contributed by atoms with Crippen molar-refractivity contribution < 1.29 is 9.13 Å². The summed E-state index contributed by atoms with van der Waals surface area (Å²) >= 11 is 3.07. The molecule has 0 bridgehead atoms. The quantitative estimate of drug-likeness (QED) is 0.675. The average Bonchev–Trinajstić information content (AvgIpc) is 2.34. The van der Waals surface area contributed by atoms with Crippen molar-refractivity contribution in [3.63, 3.8) is 0 Å². The number of aromatic nitrogens is 1. The van der Waals surface area contributed by atoms with Crippen molar-refractivity contribution in [2.75, 3.05) is 5.43 Å². The van der Waals surface area contributed by atoms with E-state index in [2.05, 4.69) is 26.3 Å². The van der Waals surface area contributed by atoms with Crippen LogP contribution in [0.25, 0.3) is 0 Å². The SMILES string of the molecule is NNc1cc(Oc2ccc(Br)c(F)c2)ccn1. The van der Waals surface area contributed by atoms with Gasteiger partial charge in [-0.25, -0.2) is 15.2 Å². The Balaban J connectivity index is 2.22. The van der Waals surface area contributed by atoms with E-state index in [4.69, 9.17) is 10.6 Å². The molecule has 0 amide bonds. The van der Waals surface area contributed by atoms with Crippen LogP contribution in [0.2, 0.25) is 0 Å². The Morgan fingerprint density at radius 2 is 2.00 bits per heavy atom. The Labute approximate surface area is 106 Å². The Morgan fingerprint density at radius 1 is 1.24 bits per heavy atom. The van der Waals surface area contributed by atoms with Crippen LogP contribution in [0.4, 0.5) is 10.2 Å². The summed E-state index contributed by atoms with van der Waals surface area (Å²) in [4.78, 5) is 3.93. The lowest BCUT2D eigenvalue weighted by molar-refractivity contribution is 0.476. The summed E-state index contributed by atoms with van der Waals surface area (Å²) in [6, 6.07) is 7.79. The first-order valence-corrected chi connectivity index (χ1v) is 5.54. The second kappa shape index (κ2) is 5.11. The van der Waals surface area contributed by atoms with E-state index in [0.29, 0.717) is 21.8 Å². The summed E-state index contributed by atoms with van der Waals surface area (Å²) in [6.07, 6.45) is 1.54. The first kappa shape index (κ1) is 11.8. The minimum atomic E-state index is -0.381. The van der Waals surface area contributed by atoms with Crippen LogP contribution in [0.1, 0.15) is 0 Å². The molecule has 0 aliphatic heterocycles. The number of halogens is 2. The summed E-state index contributed by atoms with van der Waals surface area (Å²) in [5.74, 6) is 6.24. The second-order valence-corrected chi connectivity index (χ2v) is 4.05. The lowest BCUT2D eigenvalue weighted by Gasteiger charge is -2.07. The van der Waals surface area contributed by atoms with Gasteiger partial charge in [-0.15, -0.1) is 0 Å². The van der Waals surface area contributed by atoms with E-state index < -0.39 is 0 Å². The zero-order valence-electron chi connectivity index (χ0n) is 8.65. The lowest BCUT2D eigenvalue weighted by Crippen LogP contribution is -2.08. The van der Waals surface area contributed by atoms with Gasteiger partial charge in [0, 0.05) is 18.3 Å². The number of ether oxygens (including phenoxy) is 1. The van der Waals surface area contributed by atoms with Crippen LogP contribution in [-0.2, 0) is 0 Å². The Kier molecular flexibility index (Phi) is 3.55. The van der Waals surface area contributed by atoms with E-state index in [1.54, 1.807) is 30.5 Å². The molecule has 2 rings (SSSR count). The molecule has 3 N–H and O–H groups in total. The third-order valence-corrected chi connectivity index (χ3v) is 2.65. The fourth-order valence-electron chi connectivity index (χ4n) is 1.23. The molecule has 0 radical (unpaired) electrons. The number of nitrogens with zero attached hydrogens (tertiary/aromatic N) is 1. The minimum Gasteiger partial charge on any atom is -0.457 e. The van der Waals surface area contributed by atoms with Crippen LogP contribution in [-0.4, -0.2) is 4.98 Å². The number of rotatable bonds is 3. The van der Waals surface area contributed by atoms with Crippen molar-refractivity contribution in [1.82, 2.24) is 4.98 Å². The summed E-state index contributed by atoms with van der Waals surface area (Å²) in [7, 11) is 0. The molecular formula is C11H9BrFN3O. The maximum atomic E-state index is 13.3. The van der Waals surface area contributed by atoms with Gasteiger partial charge in [0.25, 0.3) is 0 Å². The van der Waals surface area contributed by atoms with Gasteiger partial charge >= 0.3 is 0 Å². The largest absolute Gasteiger partial charge is 0.457 e. The van der Waals surface area contributed by atoms with Crippen LogP contribution >= 0.6 is 15.9 Å². The van der Waals surface area contributed by atoms with E-state index >= 15 is 0 Å². The summed E-state index contributed by atoms with van der Waals surface area (Å²) < 4.78 is 19.1. The highest BCUT2D eigenvalue weighted by molar-refractivity contribution is 9.10. The standard InChI is InChI=1S/C11H9BrFN3O/c12-9-2-1-7(5-10(9)13)17-8-3-4-15-11(6-8)16-14/h1-6H,14H2,(H,15,16). The molecule has 0 unspecified atom stereocenters. The molecule has 2 aromatic rings. The fraction of sp³-hybridized carbons (Fsp3) is 0. The number of nitrogens with two attached hydrogens (primary N) is 1. The van der Waals surface area contributed by atoms with Crippen molar-refractivity contribution in [2.45, 2.75) is 0 Å². The van der Waals surface area contributed by atoms with Gasteiger partial charge in [0.15, 0.2) is 0 Å². The van der Waals surface area contributed by atoms with Gasteiger partial charge in [-0.2, -0.15) is 0 Å². The molecule has 0 saturated carbocycles. The third kappa shape index (κ3) is 2.92. The molecule has 4 nitrogen and oxygen atoms in total. The van der Waals surface area contributed by atoms with Gasteiger partial charge in [-0.1, -0.05) is 0 Å². The van der Waals surface area contributed by atoms with E-state index in [1.807, 2.05) is 0 Å². The van der Waals surface area contributed by atoms with E-state index in [9.17, 15) is 4.39 Å². The summed E-state index contributed by atoms with van der Waals surface area (Å²) in [6.45, 7) is 0. The number of hydrogen-bond donors (Lipinski definition) is 2. The van der Waals surface area contributed by atoms with Gasteiger partial charge in [0.2, 0.25) is 0 Å². The molecule has 0 atom stereocenters. The van der Waals surface area contributed by atoms with Crippen LogP contribution in [0.15, 0.2) is 41.0 Å². The summed E-state index contributed by atoms with van der Waals surface area (Å²) in [5, 5.41) is 0. The molecule has 88 valence electrons. The molecule has 0 fully saturated rings. The number of anilines is 1. The molecule has 0 spiro atoms. The van der Waals surface area contributed by atoms with E-state index in [1.165, 1.54) is 6.07 Å². The van der Waals surface area contributed by atoms with Crippen molar-refractivity contribution in [2.24, 2.45) is 5.84 Å². The number of nitrogens with one attached hydrogen (secondary N) is 1. The zero-order valence-corrected chi connectivity index (χ0v) is 10.2. The number of pyridine rings is 1. The van der Waals surface area contributed by atoms with Crippen molar-refractivity contribution >= 4 is 21.7 Å². The number of hydrogen-bond acceptors (Lipinski definition) is 4. The van der Waals surface area contributed by atoms with Gasteiger partial charge in [-0.3, -0.25) is 0 Å². The minimum absolute atomic E-state index is 0.381. The highest BCUT2D eigenvalue weighted by atomic mass is 79.9. The normalized spacial score (nSPS) is 10.1. The predicted octanol–water partition coefficient (Wildman–Crippen LogP) is 3.06. The van der Waals surface area contributed by atoms with Gasteiger partial charge in [-0.05, 0) is 34.1 Å². The monoisotopic (exact) mass is 297 g/mol. The molecule has 1 heterocycles. The maximum absolute atomic E-state index is 13.3. The first-order valence-electron chi connectivity index (χ1n) is 4.74. The van der Waals surface area contributed by atoms with Crippen LogP contribution in [0.5, 0.6) is 11.5 Å². The smallest absolute Gasteiger partial charge is 0.143 e. The molecule has 17 heavy (non-hydrogen) atoms. The van der Waals surface area contributed by atoms with E-state index in [0.717, 1.165) is 0 Å². The van der Waals surface area contributed by atoms with Crippen LogP contribution in [0.3, 0.4) is 0 Å². The molecule has 0 aliphatic rings. The van der Waals surface area contributed by atoms with Gasteiger partial charge < -0.3 is 10.2 Å². The topological polar surface area (TPSA) is 60.2 Å². The first-order chi connectivity index (χ1) is 8.19. The lowest BCUT2D eigenvalue weighted by atomic mass is 10.3. The summed E-state index contributed by atoms with van der Waals surface area (Å²) in [5.41, 5.74) is 2.40. The highest BCUT2D eigenvalue weighted by Gasteiger charge is 2.03. The molecular weight excluding hydrogens is 289 g/mol. The highest BCUT2D eigenvalue weighted by Crippen LogP contribution is 2.26. The Morgan fingerprint density at radius 3 is 2.71 bits per heavy atom. The van der Waals surface area contributed by atoms with Crippen LogP contribution < -0.4 is 16.0 Å². The van der Waals surface area contributed by atoms with Crippen LogP contribution in [0, 0.1) is 5.82 Å². The third-order valence-electron chi connectivity index (χ3n) is 2.01. The zero-order chi connectivity index (χ0) is 12.3. The number of hydrazine groups is 1. The van der Waals surface area contributed by atoms with E-state index in [-0.39, 0.29) is 5.82 Å². The predicted molar refractivity (Wildman–Crippen MR) is 66.2 cm³/mol. The fourth-order valence-corrected chi connectivity index (χ4v) is 1.48. The molecule has 0 saturated heterocycles. The molecule has 1 aromatic heterocycles.